The zero-order valence-corrected chi connectivity index (χ0v) is 16.5. The van der Waals surface area contributed by atoms with Crippen molar-refractivity contribution >= 4 is 22.6 Å². The Kier molecular flexibility index (Phi) is 5.57. The number of carbonyl (C=O) groups excluding carboxylic acids is 1. The second-order valence-corrected chi connectivity index (χ2v) is 6.99. The third kappa shape index (κ3) is 3.94. The van der Waals surface area contributed by atoms with Gasteiger partial charge in [0.15, 0.2) is 0 Å². The molecule has 4 rings (SSSR count). The van der Waals surface area contributed by atoms with E-state index in [1.165, 1.54) is 0 Å². The van der Waals surface area contributed by atoms with Gasteiger partial charge in [0.25, 0.3) is 5.91 Å². The van der Waals surface area contributed by atoms with E-state index in [9.17, 15) is 9.59 Å². The van der Waals surface area contributed by atoms with Gasteiger partial charge < -0.3 is 9.32 Å². The van der Waals surface area contributed by atoms with Crippen molar-refractivity contribution in [1.29, 1.82) is 0 Å². The van der Waals surface area contributed by atoms with Gasteiger partial charge in [-0.05, 0) is 35.7 Å². The number of amides is 1. The lowest BCUT2D eigenvalue weighted by atomic mass is 10.1. The van der Waals surface area contributed by atoms with Crippen LogP contribution < -0.4 is 10.5 Å². The van der Waals surface area contributed by atoms with Crippen LogP contribution in [-0.2, 0) is 13.0 Å². The van der Waals surface area contributed by atoms with Crippen molar-refractivity contribution in [1.82, 2.24) is 0 Å². The number of nitrogens with zero attached hydrogens (tertiary/aromatic N) is 1. The van der Waals surface area contributed by atoms with Gasteiger partial charge in [-0.1, -0.05) is 72.8 Å². The first kappa shape index (κ1) is 19.4. The van der Waals surface area contributed by atoms with E-state index in [4.69, 9.17) is 4.42 Å². The molecule has 3 aromatic carbocycles. The highest BCUT2D eigenvalue weighted by molar-refractivity contribution is 6.07. The zero-order chi connectivity index (χ0) is 20.9. The van der Waals surface area contributed by atoms with Crippen molar-refractivity contribution in [3.63, 3.8) is 0 Å². The Balaban J connectivity index is 1.79. The van der Waals surface area contributed by atoms with Gasteiger partial charge in [-0.3, -0.25) is 4.79 Å². The van der Waals surface area contributed by atoms with E-state index in [1.54, 1.807) is 17.0 Å². The van der Waals surface area contributed by atoms with Gasteiger partial charge in [0, 0.05) is 11.1 Å². The maximum absolute atomic E-state index is 13.5. The number of para-hydroxylation sites is 2. The minimum absolute atomic E-state index is 0.0121. The van der Waals surface area contributed by atoms with Crippen LogP contribution in [0.15, 0.2) is 107 Å². The molecule has 1 heterocycles. The Labute approximate surface area is 174 Å². The molecule has 148 valence electrons. The summed E-state index contributed by atoms with van der Waals surface area (Å²) in [4.78, 5) is 27.9. The molecule has 1 amide bonds. The molecule has 4 aromatic rings. The molecule has 0 spiro atoms. The van der Waals surface area contributed by atoms with Crippen LogP contribution in [0.4, 0.5) is 5.69 Å². The number of anilines is 1. The van der Waals surface area contributed by atoms with Crippen molar-refractivity contribution in [3.05, 3.63) is 125 Å². The molecular weight excluding hydrogens is 374 g/mol. The molecule has 0 atom stereocenters. The van der Waals surface area contributed by atoms with Crippen LogP contribution in [0.3, 0.4) is 0 Å². The highest BCUT2D eigenvalue weighted by Crippen LogP contribution is 2.23. The molecule has 30 heavy (non-hydrogen) atoms. The standard InChI is InChI=1S/C26H21NO3/c1-2-10-20-13-9-14-21-17-23(26(29)30-24(20)21)25(28)27(22-15-7-4-8-16-22)18-19-11-5-3-6-12-19/h2-9,11-17H,1,10,18H2. The van der Waals surface area contributed by atoms with Gasteiger partial charge in [0.1, 0.15) is 11.1 Å². The summed E-state index contributed by atoms with van der Waals surface area (Å²) in [6.45, 7) is 4.09. The Morgan fingerprint density at radius 2 is 1.63 bits per heavy atom. The normalized spacial score (nSPS) is 10.7. The number of hydrogen-bond donors (Lipinski definition) is 0. The quantitative estimate of drug-likeness (QED) is 0.326. The second kappa shape index (κ2) is 8.62. The molecular formula is C26H21NO3. The first-order chi connectivity index (χ1) is 14.7. The van der Waals surface area contributed by atoms with E-state index in [1.807, 2.05) is 78.9 Å². The van der Waals surface area contributed by atoms with Gasteiger partial charge in [0.2, 0.25) is 0 Å². The average Bonchev–Trinajstić information content (AvgIpc) is 2.78. The predicted molar refractivity (Wildman–Crippen MR) is 120 cm³/mol. The summed E-state index contributed by atoms with van der Waals surface area (Å²) in [5, 5.41) is 0.713. The summed E-state index contributed by atoms with van der Waals surface area (Å²) in [5.41, 5.74) is 2.41. The summed E-state index contributed by atoms with van der Waals surface area (Å²) in [6, 6.07) is 26.2. The summed E-state index contributed by atoms with van der Waals surface area (Å²) in [5.74, 6) is -0.394. The number of hydrogen-bond acceptors (Lipinski definition) is 3. The number of allylic oxidation sites excluding steroid dienone is 1. The van der Waals surface area contributed by atoms with Crippen LogP contribution in [-0.4, -0.2) is 5.91 Å². The van der Waals surface area contributed by atoms with Gasteiger partial charge in [-0.15, -0.1) is 6.58 Å². The van der Waals surface area contributed by atoms with Crippen LogP contribution in [0.2, 0.25) is 0 Å². The number of benzene rings is 3. The molecule has 0 N–H and O–H groups in total. The van der Waals surface area contributed by atoms with Crippen LogP contribution in [0, 0.1) is 0 Å². The lowest BCUT2D eigenvalue weighted by molar-refractivity contribution is 0.0981. The minimum Gasteiger partial charge on any atom is -0.422 e. The molecule has 0 aliphatic rings. The van der Waals surface area contributed by atoms with E-state index in [-0.39, 0.29) is 5.56 Å². The van der Waals surface area contributed by atoms with Gasteiger partial charge in [0.05, 0.1) is 6.54 Å². The Morgan fingerprint density at radius 3 is 2.33 bits per heavy atom. The van der Waals surface area contributed by atoms with Gasteiger partial charge in [-0.25, -0.2) is 4.79 Å². The summed E-state index contributed by atoms with van der Waals surface area (Å²) < 4.78 is 5.58. The van der Waals surface area contributed by atoms with Crippen molar-refractivity contribution in [2.75, 3.05) is 4.90 Å². The molecule has 0 unspecified atom stereocenters. The molecule has 4 heteroatoms. The van der Waals surface area contributed by atoms with Gasteiger partial charge in [-0.2, -0.15) is 0 Å². The molecule has 1 aromatic heterocycles. The van der Waals surface area contributed by atoms with E-state index < -0.39 is 11.5 Å². The molecule has 4 nitrogen and oxygen atoms in total. The maximum atomic E-state index is 13.5. The number of carbonyl (C=O) groups is 1. The number of fused-ring (bicyclic) bond motifs is 1. The zero-order valence-electron chi connectivity index (χ0n) is 16.5. The molecule has 0 aliphatic carbocycles. The van der Waals surface area contributed by atoms with Crippen LogP contribution >= 0.6 is 0 Å². The SMILES string of the molecule is C=CCc1cccc2cc(C(=O)N(Cc3ccccc3)c3ccccc3)c(=O)oc12. The summed E-state index contributed by atoms with van der Waals surface area (Å²) >= 11 is 0. The smallest absolute Gasteiger partial charge is 0.349 e. The van der Waals surface area contributed by atoms with Crippen LogP contribution in [0.1, 0.15) is 21.5 Å². The Hall–Kier alpha value is -3.92. The molecule has 0 fully saturated rings. The van der Waals surface area contributed by atoms with E-state index >= 15 is 0 Å². The fourth-order valence-corrected chi connectivity index (χ4v) is 3.47. The highest BCUT2D eigenvalue weighted by atomic mass is 16.4. The maximum Gasteiger partial charge on any atom is 0.349 e. The first-order valence-electron chi connectivity index (χ1n) is 9.75. The van der Waals surface area contributed by atoms with Crippen molar-refractivity contribution in [2.45, 2.75) is 13.0 Å². The average molecular weight is 395 g/mol. The van der Waals surface area contributed by atoms with E-state index in [0.717, 1.165) is 11.1 Å². The molecule has 0 saturated carbocycles. The third-order valence-electron chi connectivity index (χ3n) is 4.93. The largest absolute Gasteiger partial charge is 0.422 e. The Morgan fingerprint density at radius 1 is 0.933 bits per heavy atom. The van der Waals surface area contributed by atoms with E-state index in [2.05, 4.69) is 6.58 Å². The molecule has 0 aliphatic heterocycles. The third-order valence-corrected chi connectivity index (χ3v) is 4.93. The second-order valence-electron chi connectivity index (χ2n) is 6.99. The van der Waals surface area contributed by atoms with Crippen molar-refractivity contribution in [3.8, 4) is 0 Å². The summed E-state index contributed by atoms with van der Waals surface area (Å²) in [6.07, 6.45) is 2.34. The topological polar surface area (TPSA) is 50.5 Å². The first-order valence-corrected chi connectivity index (χ1v) is 9.75. The predicted octanol–water partition coefficient (Wildman–Crippen LogP) is 5.37. The molecule has 0 radical (unpaired) electrons. The molecule has 0 bridgehead atoms. The fraction of sp³-hybridized carbons (Fsp3) is 0.0769. The fourth-order valence-electron chi connectivity index (χ4n) is 3.47. The minimum atomic E-state index is -0.641. The van der Waals surface area contributed by atoms with Crippen LogP contribution in [0.25, 0.3) is 11.0 Å². The molecule has 0 saturated heterocycles. The number of rotatable bonds is 6. The highest BCUT2D eigenvalue weighted by Gasteiger charge is 2.23. The lowest BCUT2D eigenvalue weighted by Gasteiger charge is -2.23. The monoisotopic (exact) mass is 395 g/mol. The van der Waals surface area contributed by atoms with E-state index in [0.29, 0.717) is 29.6 Å². The summed E-state index contributed by atoms with van der Waals surface area (Å²) in [7, 11) is 0. The lowest BCUT2D eigenvalue weighted by Crippen LogP contribution is -2.33. The Bertz CT molecular complexity index is 1240. The van der Waals surface area contributed by atoms with Crippen molar-refractivity contribution in [2.24, 2.45) is 0 Å². The van der Waals surface area contributed by atoms with Gasteiger partial charge >= 0.3 is 5.63 Å². The van der Waals surface area contributed by atoms with Crippen molar-refractivity contribution < 1.29 is 9.21 Å². The van der Waals surface area contributed by atoms with Crippen LogP contribution in [0.5, 0.6) is 0 Å².